The molecule has 1 fully saturated rings. The van der Waals surface area contributed by atoms with Crippen LogP contribution in [0.3, 0.4) is 0 Å². The van der Waals surface area contributed by atoms with Crippen molar-refractivity contribution in [3.8, 4) is 0 Å². The van der Waals surface area contributed by atoms with Gasteiger partial charge in [0.05, 0.1) is 6.42 Å². The average Bonchev–Trinajstić information content (AvgIpc) is 2.61. The summed E-state index contributed by atoms with van der Waals surface area (Å²) in [7, 11) is 0. The highest BCUT2D eigenvalue weighted by Crippen LogP contribution is 2.25. The van der Waals surface area contributed by atoms with Crippen LogP contribution in [0.1, 0.15) is 32.6 Å². The van der Waals surface area contributed by atoms with Crippen LogP contribution in [0.2, 0.25) is 0 Å². The van der Waals surface area contributed by atoms with Gasteiger partial charge >= 0.3 is 6.18 Å². The van der Waals surface area contributed by atoms with Crippen molar-refractivity contribution in [3.05, 3.63) is 12.2 Å². The number of rotatable bonds is 5. The molecule has 17 heavy (non-hydrogen) atoms. The number of carbonyl (C=O) groups is 1. The molecule has 1 unspecified atom stereocenters. The fourth-order valence-electron chi connectivity index (χ4n) is 2.12. The third-order valence-corrected chi connectivity index (χ3v) is 2.94. The maximum atomic E-state index is 12.1. The summed E-state index contributed by atoms with van der Waals surface area (Å²) in [4.78, 5) is 12.6. The predicted molar refractivity (Wildman–Crippen MR) is 59.7 cm³/mol. The Bertz CT molecular complexity index is 286. The number of carbonyl (C=O) groups excluding carboxylic acids is 1. The number of allylic oxidation sites excluding steroid dienone is 1. The van der Waals surface area contributed by atoms with Crippen LogP contribution in [0.15, 0.2) is 12.2 Å². The molecule has 2 nitrogen and oxygen atoms in total. The Hall–Kier alpha value is -0.840. The molecule has 1 rings (SSSR count). The first-order chi connectivity index (χ1) is 7.88. The first-order valence-electron chi connectivity index (χ1n) is 5.86. The predicted octanol–water partition coefficient (Wildman–Crippen LogP) is 2.94. The molecule has 5 heteroatoms. The molecule has 1 atom stereocenters. The van der Waals surface area contributed by atoms with Crippen LogP contribution < -0.4 is 0 Å². The van der Waals surface area contributed by atoms with Crippen LogP contribution in [0.5, 0.6) is 0 Å². The van der Waals surface area contributed by atoms with E-state index in [4.69, 9.17) is 0 Å². The van der Waals surface area contributed by atoms with E-state index in [0.717, 1.165) is 19.4 Å². The lowest BCUT2D eigenvalue weighted by Gasteiger charge is -2.23. The molecule has 0 spiro atoms. The van der Waals surface area contributed by atoms with E-state index in [1.807, 2.05) is 4.90 Å². The highest BCUT2D eigenvalue weighted by Gasteiger charge is 2.31. The lowest BCUT2D eigenvalue weighted by atomic mass is 10.1. The van der Waals surface area contributed by atoms with E-state index in [-0.39, 0.29) is 18.4 Å². The van der Waals surface area contributed by atoms with Crippen molar-refractivity contribution < 1.29 is 18.0 Å². The van der Waals surface area contributed by atoms with Crippen LogP contribution in [0.25, 0.3) is 0 Å². The fraction of sp³-hybridized carbons (Fsp3) is 0.750. The lowest BCUT2D eigenvalue weighted by Crippen LogP contribution is -2.32. The molecule has 0 radical (unpaired) electrons. The Morgan fingerprint density at radius 3 is 2.76 bits per heavy atom. The molecule has 0 bridgehead atoms. The quantitative estimate of drug-likeness (QED) is 0.698. The van der Waals surface area contributed by atoms with Crippen LogP contribution in [0.4, 0.5) is 13.2 Å². The monoisotopic (exact) mass is 249 g/mol. The number of hydrogen-bond donors (Lipinski definition) is 0. The zero-order valence-corrected chi connectivity index (χ0v) is 9.96. The molecule has 1 heterocycles. The van der Waals surface area contributed by atoms with Crippen molar-refractivity contribution in [1.82, 2.24) is 4.90 Å². The summed E-state index contributed by atoms with van der Waals surface area (Å²) in [6.07, 6.45) is 0.940. The smallest absolute Gasteiger partial charge is 0.300 e. The first-order valence-corrected chi connectivity index (χ1v) is 5.86. The van der Waals surface area contributed by atoms with Crippen molar-refractivity contribution in [3.63, 3.8) is 0 Å². The van der Waals surface area contributed by atoms with Crippen LogP contribution >= 0.6 is 0 Å². The number of halogens is 3. The molecule has 0 aliphatic carbocycles. The van der Waals surface area contributed by atoms with Crippen molar-refractivity contribution in [1.29, 1.82) is 0 Å². The van der Waals surface area contributed by atoms with E-state index >= 15 is 0 Å². The van der Waals surface area contributed by atoms with Gasteiger partial charge in [0.2, 0.25) is 0 Å². The molecule has 0 amide bonds. The molecule has 0 N–H and O–H groups in total. The molecule has 0 saturated carbocycles. The Morgan fingerprint density at radius 2 is 2.18 bits per heavy atom. The second-order valence-corrected chi connectivity index (χ2v) is 4.45. The van der Waals surface area contributed by atoms with Gasteiger partial charge in [0.25, 0.3) is 0 Å². The van der Waals surface area contributed by atoms with Gasteiger partial charge in [-0.2, -0.15) is 13.2 Å². The van der Waals surface area contributed by atoms with Gasteiger partial charge in [-0.3, -0.25) is 9.69 Å². The van der Waals surface area contributed by atoms with Gasteiger partial charge in [0.15, 0.2) is 5.78 Å². The SMILES string of the molecule is CC(=O)/C=C/CC1CCCN1CCC(F)(F)F. The van der Waals surface area contributed by atoms with Crippen molar-refractivity contribution in [2.75, 3.05) is 13.1 Å². The van der Waals surface area contributed by atoms with E-state index in [0.29, 0.717) is 6.42 Å². The average molecular weight is 249 g/mol. The summed E-state index contributed by atoms with van der Waals surface area (Å²) in [5.41, 5.74) is 0. The summed E-state index contributed by atoms with van der Waals surface area (Å²) < 4.78 is 36.3. The molecule has 1 aliphatic heterocycles. The van der Waals surface area contributed by atoms with Gasteiger partial charge < -0.3 is 0 Å². The molecule has 0 aromatic heterocycles. The minimum Gasteiger partial charge on any atom is -0.300 e. The summed E-state index contributed by atoms with van der Waals surface area (Å²) >= 11 is 0. The number of alkyl halides is 3. The molecule has 0 aromatic rings. The molecule has 98 valence electrons. The third kappa shape index (κ3) is 5.86. The van der Waals surface area contributed by atoms with Gasteiger partial charge in [-0.25, -0.2) is 0 Å². The highest BCUT2D eigenvalue weighted by atomic mass is 19.4. The van der Waals surface area contributed by atoms with Crippen LogP contribution in [-0.2, 0) is 4.79 Å². The van der Waals surface area contributed by atoms with Crippen molar-refractivity contribution in [2.45, 2.75) is 44.8 Å². The number of hydrogen-bond acceptors (Lipinski definition) is 2. The Balaban J connectivity index is 2.36. The van der Waals surface area contributed by atoms with E-state index < -0.39 is 12.6 Å². The number of ketones is 1. The lowest BCUT2D eigenvalue weighted by molar-refractivity contribution is -0.138. The van der Waals surface area contributed by atoms with Gasteiger partial charge in [-0.15, -0.1) is 0 Å². The Labute approximate surface area is 99.5 Å². The van der Waals surface area contributed by atoms with Gasteiger partial charge in [0, 0.05) is 12.6 Å². The zero-order chi connectivity index (χ0) is 12.9. The second kappa shape index (κ2) is 6.19. The molecule has 0 aromatic carbocycles. The molecular formula is C12H18F3NO. The van der Waals surface area contributed by atoms with E-state index in [9.17, 15) is 18.0 Å². The number of likely N-dealkylation sites (tertiary alicyclic amines) is 1. The van der Waals surface area contributed by atoms with E-state index in [1.165, 1.54) is 13.0 Å². The molecule has 1 saturated heterocycles. The topological polar surface area (TPSA) is 20.3 Å². The highest BCUT2D eigenvalue weighted by molar-refractivity contribution is 5.87. The maximum Gasteiger partial charge on any atom is 0.390 e. The third-order valence-electron chi connectivity index (χ3n) is 2.94. The minimum atomic E-state index is -4.08. The van der Waals surface area contributed by atoms with Gasteiger partial charge in [-0.05, 0) is 38.8 Å². The van der Waals surface area contributed by atoms with Crippen LogP contribution in [0, 0.1) is 0 Å². The maximum absolute atomic E-state index is 12.1. The van der Waals surface area contributed by atoms with Gasteiger partial charge in [-0.1, -0.05) is 6.08 Å². The molecular weight excluding hydrogens is 231 g/mol. The zero-order valence-electron chi connectivity index (χ0n) is 9.96. The summed E-state index contributed by atoms with van der Waals surface area (Å²) in [5.74, 6) is -0.0233. The fourth-order valence-corrected chi connectivity index (χ4v) is 2.12. The van der Waals surface area contributed by atoms with Gasteiger partial charge in [0.1, 0.15) is 0 Å². The Morgan fingerprint density at radius 1 is 1.47 bits per heavy atom. The second-order valence-electron chi connectivity index (χ2n) is 4.45. The van der Waals surface area contributed by atoms with Crippen LogP contribution in [-0.4, -0.2) is 36.0 Å². The minimum absolute atomic E-state index is 0.0233. The standard InChI is InChI=1S/C12H18F3NO/c1-10(17)4-2-5-11-6-3-8-16(11)9-7-12(13,14)15/h2,4,11H,3,5-9H2,1H3/b4-2+. The van der Waals surface area contributed by atoms with Crippen molar-refractivity contribution >= 4 is 5.78 Å². The Kier molecular flexibility index (Phi) is 5.18. The summed E-state index contributed by atoms with van der Waals surface area (Å²) in [6, 6.07) is 0.160. The summed E-state index contributed by atoms with van der Waals surface area (Å²) in [5, 5.41) is 0. The largest absolute Gasteiger partial charge is 0.390 e. The number of nitrogens with zero attached hydrogens (tertiary/aromatic N) is 1. The molecule has 1 aliphatic rings. The van der Waals surface area contributed by atoms with E-state index in [1.54, 1.807) is 6.08 Å². The normalized spacial score (nSPS) is 22.5. The summed E-state index contributed by atoms with van der Waals surface area (Å²) in [6.45, 7) is 2.27. The first kappa shape index (κ1) is 14.2. The van der Waals surface area contributed by atoms with E-state index in [2.05, 4.69) is 0 Å². The van der Waals surface area contributed by atoms with Crippen molar-refractivity contribution in [2.24, 2.45) is 0 Å².